The van der Waals surface area contributed by atoms with Gasteiger partial charge in [-0.3, -0.25) is 0 Å². The van der Waals surface area contributed by atoms with Crippen LogP contribution in [0.5, 0.6) is 0 Å². The molecular weight excluding hydrogens is 639 g/mol. The third-order valence-electron chi connectivity index (χ3n) is 12.9. The Hall–Kier alpha value is -0.0400. The normalized spacial score (nSPS) is 12.0. The van der Waals surface area contributed by atoms with Gasteiger partial charge in [-0.1, -0.05) is 259 Å². The minimum absolute atomic E-state index is 1.37. The monoisotopic (exact) mass is 747 g/mol. The van der Waals surface area contributed by atoms with Crippen molar-refractivity contribution in [1.82, 2.24) is 0 Å². The van der Waals surface area contributed by atoms with E-state index in [-0.39, 0.29) is 0 Å². The molecule has 0 amide bonds. The zero-order chi connectivity index (χ0) is 38.4. The van der Waals surface area contributed by atoms with E-state index in [1.807, 2.05) is 0 Å². The molecule has 0 rings (SSSR count). The van der Waals surface area contributed by atoms with E-state index in [1.54, 1.807) is 0 Å². The summed E-state index contributed by atoms with van der Waals surface area (Å²) in [5, 5.41) is 0. The van der Waals surface area contributed by atoms with Crippen molar-refractivity contribution in [3.8, 4) is 0 Å². The predicted octanol–water partition coefficient (Wildman–Crippen LogP) is 19.0. The molecule has 1 heteroatoms. The van der Waals surface area contributed by atoms with Gasteiger partial charge in [-0.15, -0.1) is 0 Å². The molecule has 1 nitrogen and oxygen atoms in total. The minimum Gasteiger partial charge on any atom is -0.324 e. The first kappa shape index (κ1) is 53.0. The van der Waals surface area contributed by atoms with E-state index in [0.29, 0.717) is 0 Å². The van der Waals surface area contributed by atoms with E-state index >= 15 is 0 Å². The summed E-state index contributed by atoms with van der Waals surface area (Å²) in [6, 6.07) is 0. The molecule has 53 heavy (non-hydrogen) atoms. The van der Waals surface area contributed by atoms with Crippen LogP contribution in [0.15, 0.2) is 0 Å². The summed E-state index contributed by atoms with van der Waals surface area (Å²) < 4.78 is 1.49. The van der Waals surface area contributed by atoms with E-state index in [0.717, 1.165) is 0 Å². The number of quaternary nitrogens is 1. The molecule has 0 unspecified atom stereocenters. The van der Waals surface area contributed by atoms with Crippen molar-refractivity contribution in [1.29, 1.82) is 0 Å². The van der Waals surface area contributed by atoms with Gasteiger partial charge in [0.05, 0.1) is 26.2 Å². The first-order chi connectivity index (χ1) is 26.2. The molecule has 0 saturated heterocycles. The van der Waals surface area contributed by atoms with Crippen LogP contribution in [0.3, 0.4) is 0 Å². The zero-order valence-electron chi connectivity index (χ0n) is 38.4. The first-order valence-electron chi connectivity index (χ1n) is 26.1. The van der Waals surface area contributed by atoms with Crippen molar-refractivity contribution in [3.05, 3.63) is 0 Å². The fourth-order valence-corrected chi connectivity index (χ4v) is 9.12. The SMILES string of the molecule is CCCCCCCCCCCCCC[N+](CCCCCCCCCC)(CCCCCCCCCCCCCC)CCCCCCCCCCCCCC. The van der Waals surface area contributed by atoms with Crippen LogP contribution in [0.1, 0.15) is 310 Å². The molecule has 0 radical (unpaired) electrons. The summed E-state index contributed by atoms with van der Waals surface area (Å²) in [7, 11) is 0. The van der Waals surface area contributed by atoms with Gasteiger partial charge in [0.25, 0.3) is 0 Å². The van der Waals surface area contributed by atoms with Gasteiger partial charge in [0.2, 0.25) is 0 Å². The molecule has 0 saturated carbocycles. The predicted molar refractivity (Wildman–Crippen MR) is 246 cm³/mol. The Kier molecular flexibility index (Phi) is 46.3. The quantitative estimate of drug-likeness (QED) is 0.0430. The minimum atomic E-state index is 1.37. The maximum atomic E-state index is 2.35. The van der Waals surface area contributed by atoms with Gasteiger partial charge in [0.15, 0.2) is 0 Å². The van der Waals surface area contributed by atoms with Crippen LogP contribution in [0, 0.1) is 0 Å². The largest absolute Gasteiger partial charge is 0.324 e. The number of rotatable bonds is 48. The van der Waals surface area contributed by atoms with Crippen molar-refractivity contribution in [3.63, 3.8) is 0 Å². The van der Waals surface area contributed by atoms with E-state index in [2.05, 4.69) is 27.7 Å². The lowest BCUT2D eigenvalue weighted by molar-refractivity contribution is -0.929. The second kappa shape index (κ2) is 46.3. The van der Waals surface area contributed by atoms with Crippen molar-refractivity contribution in [2.24, 2.45) is 0 Å². The Bertz CT molecular complexity index is 557. The van der Waals surface area contributed by atoms with Crippen molar-refractivity contribution >= 4 is 0 Å². The molecule has 0 bridgehead atoms. The highest BCUT2D eigenvalue weighted by molar-refractivity contribution is 4.57. The molecule has 0 aromatic carbocycles. The highest BCUT2D eigenvalue weighted by Gasteiger charge is 2.25. The number of hydrogen-bond acceptors (Lipinski definition) is 0. The average molecular weight is 747 g/mol. The maximum Gasteiger partial charge on any atom is 0.0786 e. The average Bonchev–Trinajstić information content (AvgIpc) is 3.17. The molecular formula is C52H108N+. The van der Waals surface area contributed by atoms with Crippen LogP contribution >= 0.6 is 0 Å². The maximum absolute atomic E-state index is 2.35. The standard InChI is InChI=1S/C52H108N/c1-5-9-13-17-21-25-28-31-34-38-42-46-50-53(49-45-41-37-24-20-16-12-8-4,51-47-43-39-35-32-29-26-22-18-14-10-6-2)52-48-44-40-36-33-30-27-23-19-15-11-7-3/h5-52H2,1-4H3/q+1. The molecule has 0 aliphatic carbocycles. The van der Waals surface area contributed by atoms with E-state index < -0.39 is 0 Å². The topological polar surface area (TPSA) is 0 Å². The summed E-state index contributed by atoms with van der Waals surface area (Å²) >= 11 is 0. The van der Waals surface area contributed by atoms with E-state index in [4.69, 9.17) is 0 Å². The van der Waals surface area contributed by atoms with Gasteiger partial charge in [0, 0.05) is 0 Å². The highest BCUT2D eigenvalue weighted by Crippen LogP contribution is 2.22. The van der Waals surface area contributed by atoms with Gasteiger partial charge in [-0.05, 0) is 51.4 Å². The van der Waals surface area contributed by atoms with Gasteiger partial charge in [-0.25, -0.2) is 0 Å². The molecule has 0 aromatic rings. The summed E-state index contributed by atoms with van der Waals surface area (Å²) in [6.45, 7) is 15.3. The highest BCUT2D eigenvalue weighted by atomic mass is 15.3. The second-order valence-corrected chi connectivity index (χ2v) is 18.4. The van der Waals surface area contributed by atoms with Crippen molar-refractivity contribution in [2.75, 3.05) is 26.2 Å². The summed E-state index contributed by atoms with van der Waals surface area (Å²) in [6.07, 6.45) is 64.7. The fourth-order valence-electron chi connectivity index (χ4n) is 9.12. The van der Waals surface area contributed by atoms with Crippen molar-refractivity contribution < 1.29 is 4.48 Å². The van der Waals surface area contributed by atoms with Crippen LogP contribution in [0.25, 0.3) is 0 Å². The lowest BCUT2D eigenvalue weighted by Crippen LogP contribution is -2.50. The lowest BCUT2D eigenvalue weighted by Gasteiger charge is -2.40. The molecule has 0 spiro atoms. The number of nitrogens with zero attached hydrogens (tertiary/aromatic N) is 1. The van der Waals surface area contributed by atoms with Crippen LogP contribution < -0.4 is 0 Å². The first-order valence-corrected chi connectivity index (χ1v) is 26.1. The molecule has 320 valence electrons. The summed E-state index contributed by atoms with van der Waals surface area (Å²) in [5.41, 5.74) is 0. The molecule has 0 aliphatic rings. The Morgan fingerprint density at radius 2 is 0.264 bits per heavy atom. The van der Waals surface area contributed by atoms with Gasteiger partial charge >= 0.3 is 0 Å². The molecule has 0 aliphatic heterocycles. The Morgan fingerprint density at radius 1 is 0.151 bits per heavy atom. The Morgan fingerprint density at radius 3 is 0.396 bits per heavy atom. The fraction of sp³-hybridized carbons (Fsp3) is 1.00. The second-order valence-electron chi connectivity index (χ2n) is 18.4. The Balaban J connectivity index is 4.84. The van der Waals surface area contributed by atoms with Crippen LogP contribution in [-0.2, 0) is 0 Å². The van der Waals surface area contributed by atoms with E-state index in [9.17, 15) is 0 Å². The van der Waals surface area contributed by atoms with Crippen LogP contribution in [-0.4, -0.2) is 30.7 Å². The van der Waals surface area contributed by atoms with Gasteiger partial charge in [0.1, 0.15) is 0 Å². The number of unbranched alkanes of at least 4 members (excludes halogenated alkanes) is 40. The molecule has 0 heterocycles. The van der Waals surface area contributed by atoms with Crippen LogP contribution in [0.2, 0.25) is 0 Å². The van der Waals surface area contributed by atoms with Gasteiger partial charge < -0.3 is 4.48 Å². The Labute approximate surface area is 339 Å². The molecule has 0 aromatic heterocycles. The zero-order valence-corrected chi connectivity index (χ0v) is 38.4. The molecule has 0 N–H and O–H groups in total. The van der Waals surface area contributed by atoms with Gasteiger partial charge in [-0.2, -0.15) is 0 Å². The molecule has 0 atom stereocenters. The number of hydrogen-bond donors (Lipinski definition) is 0. The third-order valence-corrected chi connectivity index (χ3v) is 12.9. The third kappa shape index (κ3) is 41.4. The van der Waals surface area contributed by atoms with Crippen molar-refractivity contribution in [2.45, 2.75) is 310 Å². The van der Waals surface area contributed by atoms with E-state index in [1.165, 1.54) is 313 Å². The summed E-state index contributed by atoms with van der Waals surface area (Å²) in [5.74, 6) is 0. The lowest BCUT2D eigenvalue weighted by atomic mass is 10.0. The smallest absolute Gasteiger partial charge is 0.0786 e. The van der Waals surface area contributed by atoms with Crippen LogP contribution in [0.4, 0.5) is 0 Å². The summed E-state index contributed by atoms with van der Waals surface area (Å²) in [4.78, 5) is 0. The molecule has 0 fully saturated rings.